The fourth-order valence-corrected chi connectivity index (χ4v) is 3.64. The molecule has 3 heterocycles. The molecule has 0 aliphatic carbocycles. The molecule has 0 saturated heterocycles. The van der Waals surface area contributed by atoms with E-state index in [4.69, 9.17) is 16.0 Å². The molecule has 0 radical (unpaired) electrons. The molecule has 0 unspecified atom stereocenters. The maximum atomic E-state index is 6.40. The van der Waals surface area contributed by atoms with Crippen molar-refractivity contribution < 1.29 is 4.42 Å². The molecule has 1 aromatic carbocycles. The largest absolute Gasteiger partial charge is 0.411 e. The molecule has 0 N–H and O–H groups in total. The van der Waals surface area contributed by atoms with Gasteiger partial charge in [-0.25, -0.2) is 4.98 Å². The van der Waals surface area contributed by atoms with Crippen molar-refractivity contribution in [1.29, 1.82) is 0 Å². The molecule has 130 valence electrons. The molecular weight excluding hydrogens is 368 g/mol. The Morgan fingerprint density at radius 2 is 1.88 bits per heavy atom. The summed E-state index contributed by atoms with van der Waals surface area (Å²) in [6, 6.07) is 9.91. The van der Waals surface area contributed by atoms with Crippen LogP contribution >= 0.6 is 23.4 Å². The molecule has 0 bridgehead atoms. The third-order valence-corrected chi connectivity index (χ3v) is 5.42. The second kappa shape index (κ2) is 7.05. The summed E-state index contributed by atoms with van der Waals surface area (Å²) in [5.41, 5.74) is 5.09. The van der Waals surface area contributed by atoms with Crippen molar-refractivity contribution in [2.45, 2.75) is 24.8 Å². The summed E-state index contributed by atoms with van der Waals surface area (Å²) < 4.78 is 5.70. The maximum absolute atomic E-state index is 6.40. The Kier molecular flexibility index (Phi) is 4.61. The average molecular weight is 383 g/mol. The highest BCUT2D eigenvalue weighted by Crippen LogP contribution is 2.30. The van der Waals surface area contributed by atoms with Gasteiger partial charge in [0.2, 0.25) is 5.89 Å². The van der Waals surface area contributed by atoms with Gasteiger partial charge in [0, 0.05) is 34.7 Å². The number of halogens is 1. The van der Waals surface area contributed by atoms with Crippen molar-refractivity contribution >= 4 is 34.3 Å². The number of fused-ring (bicyclic) bond motifs is 1. The third-order valence-electron chi connectivity index (χ3n) is 4.22. The summed E-state index contributed by atoms with van der Waals surface area (Å²) in [6.45, 7) is 4.14. The minimum Gasteiger partial charge on any atom is -0.411 e. The highest BCUT2D eigenvalue weighted by molar-refractivity contribution is 7.98. The maximum Gasteiger partial charge on any atom is 0.277 e. The number of aryl methyl sites for hydroxylation is 2. The van der Waals surface area contributed by atoms with E-state index in [1.165, 1.54) is 17.3 Å². The molecule has 0 aliphatic heterocycles. The van der Waals surface area contributed by atoms with E-state index < -0.39 is 0 Å². The van der Waals surface area contributed by atoms with Crippen LogP contribution in [-0.4, -0.2) is 20.2 Å². The van der Waals surface area contributed by atoms with Crippen LogP contribution in [-0.2, 0) is 5.75 Å². The summed E-state index contributed by atoms with van der Waals surface area (Å²) in [7, 11) is 0. The summed E-state index contributed by atoms with van der Waals surface area (Å²) in [5, 5.41) is 10.2. The first-order valence-electron chi connectivity index (χ1n) is 8.04. The molecule has 4 aromatic rings. The van der Waals surface area contributed by atoms with Crippen LogP contribution in [0.1, 0.15) is 16.7 Å². The molecule has 0 saturated carbocycles. The van der Waals surface area contributed by atoms with Crippen molar-refractivity contribution in [3.8, 4) is 11.5 Å². The topological polar surface area (TPSA) is 64.7 Å². The van der Waals surface area contributed by atoms with Crippen LogP contribution in [0.2, 0.25) is 5.15 Å². The lowest BCUT2D eigenvalue weighted by Gasteiger charge is -2.08. The minimum atomic E-state index is 0.476. The lowest BCUT2D eigenvalue weighted by molar-refractivity contribution is 0.466. The van der Waals surface area contributed by atoms with Crippen molar-refractivity contribution in [1.82, 2.24) is 20.2 Å². The van der Waals surface area contributed by atoms with Gasteiger partial charge in [-0.3, -0.25) is 4.98 Å². The van der Waals surface area contributed by atoms with Crippen molar-refractivity contribution in [2.24, 2.45) is 0 Å². The number of hydrogen-bond donors (Lipinski definition) is 0. The molecular formula is C19H15ClN4OS. The van der Waals surface area contributed by atoms with Gasteiger partial charge in [-0.15, -0.1) is 10.2 Å². The smallest absolute Gasteiger partial charge is 0.277 e. The molecule has 0 atom stereocenters. The number of pyridine rings is 2. The number of aromatic nitrogens is 4. The van der Waals surface area contributed by atoms with Crippen LogP contribution in [0.4, 0.5) is 0 Å². The lowest BCUT2D eigenvalue weighted by Crippen LogP contribution is -1.92. The molecule has 7 heteroatoms. The first-order valence-corrected chi connectivity index (χ1v) is 9.40. The highest BCUT2D eigenvalue weighted by Gasteiger charge is 2.12. The van der Waals surface area contributed by atoms with Crippen molar-refractivity contribution in [3.05, 3.63) is 64.6 Å². The minimum absolute atomic E-state index is 0.476. The quantitative estimate of drug-likeness (QED) is 0.355. The Morgan fingerprint density at radius 3 is 2.69 bits per heavy atom. The molecule has 4 rings (SSSR count). The van der Waals surface area contributed by atoms with Gasteiger partial charge >= 0.3 is 0 Å². The molecule has 3 aromatic heterocycles. The summed E-state index contributed by atoms with van der Waals surface area (Å²) in [6.07, 6.45) is 3.38. The molecule has 0 amide bonds. The average Bonchev–Trinajstić information content (AvgIpc) is 3.14. The van der Waals surface area contributed by atoms with E-state index in [0.29, 0.717) is 22.0 Å². The Hall–Kier alpha value is -2.44. The summed E-state index contributed by atoms with van der Waals surface area (Å²) >= 11 is 7.84. The number of benzene rings is 1. The van der Waals surface area contributed by atoms with Crippen LogP contribution in [0.25, 0.3) is 22.4 Å². The van der Waals surface area contributed by atoms with Gasteiger partial charge in [0.05, 0.1) is 5.52 Å². The van der Waals surface area contributed by atoms with Gasteiger partial charge in [0.1, 0.15) is 5.15 Å². The SMILES string of the molecule is Cc1ccc2cc(CSc3nnc(-c4ccncc4)o3)c(Cl)nc2c1C. The van der Waals surface area contributed by atoms with E-state index in [-0.39, 0.29) is 0 Å². The van der Waals surface area contributed by atoms with Crippen molar-refractivity contribution in [3.63, 3.8) is 0 Å². The molecule has 5 nitrogen and oxygen atoms in total. The monoisotopic (exact) mass is 382 g/mol. The first-order chi connectivity index (χ1) is 12.6. The zero-order chi connectivity index (χ0) is 18.1. The van der Waals surface area contributed by atoms with E-state index >= 15 is 0 Å². The van der Waals surface area contributed by atoms with Gasteiger partial charge in [0.15, 0.2) is 0 Å². The van der Waals surface area contributed by atoms with Crippen LogP contribution in [0.15, 0.2) is 52.4 Å². The van der Waals surface area contributed by atoms with E-state index in [9.17, 15) is 0 Å². The van der Waals surface area contributed by atoms with E-state index in [1.54, 1.807) is 12.4 Å². The number of rotatable bonds is 4. The van der Waals surface area contributed by atoms with Gasteiger partial charge < -0.3 is 4.42 Å². The number of hydrogen-bond acceptors (Lipinski definition) is 6. The Bertz CT molecular complexity index is 1080. The van der Waals surface area contributed by atoms with Crippen molar-refractivity contribution in [2.75, 3.05) is 0 Å². The number of nitrogens with zero attached hydrogens (tertiary/aromatic N) is 4. The van der Waals surface area contributed by atoms with E-state index in [2.05, 4.69) is 52.2 Å². The van der Waals surface area contributed by atoms with E-state index in [1.807, 2.05) is 12.1 Å². The van der Waals surface area contributed by atoms with E-state index in [0.717, 1.165) is 27.6 Å². The zero-order valence-electron chi connectivity index (χ0n) is 14.2. The fourth-order valence-electron chi connectivity index (χ4n) is 2.62. The van der Waals surface area contributed by atoms with Gasteiger partial charge in [-0.2, -0.15) is 0 Å². The summed E-state index contributed by atoms with van der Waals surface area (Å²) in [4.78, 5) is 8.56. The first kappa shape index (κ1) is 17.0. The fraction of sp³-hybridized carbons (Fsp3) is 0.158. The Morgan fingerprint density at radius 1 is 1.08 bits per heavy atom. The Labute approximate surface area is 159 Å². The van der Waals surface area contributed by atoms with Crippen LogP contribution in [0.5, 0.6) is 0 Å². The zero-order valence-corrected chi connectivity index (χ0v) is 15.8. The predicted octanol–water partition coefficient (Wildman–Crippen LogP) is 5.24. The lowest BCUT2D eigenvalue weighted by atomic mass is 10.0. The van der Waals surface area contributed by atoms with Gasteiger partial charge in [-0.1, -0.05) is 35.5 Å². The third kappa shape index (κ3) is 3.30. The Balaban J connectivity index is 1.56. The van der Waals surface area contributed by atoms with Crippen LogP contribution in [0, 0.1) is 13.8 Å². The predicted molar refractivity (Wildman–Crippen MR) is 103 cm³/mol. The van der Waals surface area contributed by atoms with Crippen LogP contribution < -0.4 is 0 Å². The second-order valence-electron chi connectivity index (χ2n) is 5.92. The summed E-state index contributed by atoms with van der Waals surface area (Å²) in [5.74, 6) is 1.08. The molecule has 0 aliphatic rings. The second-order valence-corrected chi connectivity index (χ2v) is 7.20. The highest BCUT2D eigenvalue weighted by atomic mass is 35.5. The molecule has 26 heavy (non-hydrogen) atoms. The molecule has 0 fully saturated rings. The van der Waals surface area contributed by atoms with Gasteiger partial charge in [0.25, 0.3) is 5.22 Å². The van der Waals surface area contributed by atoms with Gasteiger partial charge in [-0.05, 0) is 43.2 Å². The van der Waals surface area contributed by atoms with Crippen LogP contribution in [0.3, 0.4) is 0 Å². The standard InChI is InChI=1S/C19H15ClN4OS/c1-11-3-4-14-9-15(17(20)22-16(14)12(11)2)10-26-19-24-23-18(25-19)13-5-7-21-8-6-13/h3-9H,10H2,1-2H3. The normalized spacial score (nSPS) is 11.2. The molecule has 0 spiro atoms. The number of thioether (sulfide) groups is 1.